The molecule has 1 aliphatic heterocycles. The molecule has 0 amide bonds. The highest BCUT2D eigenvalue weighted by molar-refractivity contribution is 4.94. The third kappa shape index (κ3) is 1.87. The van der Waals surface area contributed by atoms with Crippen LogP contribution in [0.4, 0.5) is 0 Å². The van der Waals surface area contributed by atoms with E-state index in [2.05, 4.69) is 15.0 Å². The molecule has 2 rings (SSSR count). The molecule has 1 N–H and O–H groups in total. The van der Waals surface area contributed by atoms with Crippen molar-refractivity contribution in [1.82, 2.24) is 15.0 Å². The zero-order valence-electron chi connectivity index (χ0n) is 7.82. The number of aryl methyl sites for hydroxylation is 1. The Morgan fingerprint density at radius 1 is 1.62 bits per heavy atom. The average molecular weight is 183 g/mol. The number of likely N-dealkylation sites (tertiary alicyclic amines) is 1. The van der Waals surface area contributed by atoms with Gasteiger partial charge in [0.1, 0.15) is 0 Å². The molecular formula is C8H13N3O2. The van der Waals surface area contributed by atoms with Gasteiger partial charge in [0, 0.05) is 20.0 Å². The molecule has 1 saturated heterocycles. The van der Waals surface area contributed by atoms with E-state index in [9.17, 15) is 5.11 Å². The number of aromatic nitrogens is 2. The second-order valence-electron chi connectivity index (χ2n) is 3.87. The van der Waals surface area contributed by atoms with E-state index in [0.29, 0.717) is 31.3 Å². The summed E-state index contributed by atoms with van der Waals surface area (Å²) in [6.45, 7) is 5.61. The maximum atomic E-state index is 9.46. The Hall–Kier alpha value is -0.940. The van der Waals surface area contributed by atoms with Gasteiger partial charge in [0.2, 0.25) is 5.89 Å². The van der Waals surface area contributed by atoms with Gasteiger partial charge in [-0.1, -0.05) is 5.16 Å². The molecule has 0 spiro atoms. The van der Waals surface area contributed by atoms with E-state index in [0.717, 1.165) is 0 Å². The minimum Gasteiger partial charge on any atom is -0.388 e. The molecule has 1 aromatic rings. The van der Waals surface area contributed by atoms with E-state index in [-0.39, 0.29) is 0 Å². The summed E-state index contributed by atoms with van der Waals surface area (Å²) in [5.74, 6) is 1.27. The largest absolute Gasteiger partial charge is 0.388 e. The van der Waals surface area contributed by atoms with Crippen molar-refractivity contribution in [3.8, 4) is 0 Å². The van der Waals surface area contributed by atoms with Crippen LogP contribution in [0, 0.1) is 6.92 Å². The van der Waals surface area contributed by atoms with Crippen molar-refractivity contribution in [3.63, 3.8) is 0 Å². The van der Waals surface area contributed by atoms with Gasteiger partial charge in [-0.2, -0.15) is 4.98 Å². The Bertz CT molecular complexity index is 300. The van der Waals surface area contributed by atoms with Crippen LogP contribution >= 0.6 is 0 Å². The van der Waals surface area contributed by atoms with Crippen LogP contribution in [0.5, 0.6) is 0 Å². The first-order chi connectivity index (χ1) is 6.05. The summed E-state index contributed by atoms with van der Waals surface area (Å²) in [5.41, 5.74) is -0.529. The summed E-state index contributed by atoms with van der Waals surface area (Å²) in [4.78, 5) is 6.15. The standard InChI is InChI=1S/C8H13N3O2/c1-6-9-7(10-13-6)3-11-4-8(2,12)5-11/h12H,3-5H2,1-2H3. The number of rotatable bonds is 2. The average Bonchev–Trinajstić information content (AvgIpc) is 2.31. The predicted octanol–water partition coefficient (Wildman–Crippen LogP) is -0.0554. The molecule has 1 aliphatic rings. The van der Waals surface area contributed by atoms with Gasteiger partial charge in [-0.25, -0.2) is 0 Å². The highest BCUT2D eigenvalue weighted by Crippen LogP contribution is 2.20. The van der Waals surface area contributed by atoms with Crippen molar-refractivity contribution in [2.75, 3.05) is 13.1 Å². The third-order valence-corrected chi connectivity index (χ3v) is 2.06. The Kier molecular flexibility index (Phi) is 1.85. The Labute approximate surface area is 76.4 Å². The molecule has 0 atom stereocenters. The highest BCUT2D eigenvalue weighted by atomic mass is 16.5. The van der Waals surface area contributed by atoms with E-state index in [4.69, 9.17) is 4.52 Å². The maximum absolute atomic E-state index is 9.46. The van der Waals surface area contributed by atoms with Crippen LogP contribution in [0.3, 0.4) is 0 Å². The zero-order chi connectivity index (χ0) is 9.47. The van der Waals surface area contributed by atoms with Gasteiger partial charge in [-0.3, -0.25) is 4.90 Å². The second kappa shape index (κ2) is 2.78. The lowest BCUT2D eigenvalue weighted by Crippen LogP contribution is -2.59. The minimum absolute atomic E-state index is 0.529. The number of hydrogen-bond donors (Lipinski definition) is 1. The first-order valence-electron chi connectivity index (χ1n) is 4.29. The molecule has 13 heavy (non-hydrogen) atoms. The minimum atomic E-state index is -0.529. The van der Waals surface area contributed by atoms with Gasteiger partial charge < -0.3 is 9.63 Å². The lowest BCUT2D eigenvalue weighted by Gasteiger charge is -2.43. The Morgan fingerprint density at radius 3 is 2.77 bits per heavy atom. The van der Waals surface area contributed by atoms with E-state index in [1.165, 1.54) is 0 Å². The number of nitrogens with zero attached hydrogens (tertiary/aromatic N) is 3. The van der Waals surface area contributed by atoms with Crippen molar-refractivity contribution in [3.05, 3.63) is 11.7 Å². The fourth-order valence-corrected chi connectivity index (χ4v) is 1.63. The topological polar surface area (TPSA) is 62.4 Å². The molecule has 0 radical (unpaired) electrons. The van der Waals surface area contributed by atoms with Crippen LogP contribution in [-0.2, 0) is 6.54 Å². The van der Waals surface area contributed by atoms with Gasteiger partial charge in [0.15, 0.2) is 5.82 Å². The maximum Gasteiger partial charge on any atom is 0.223 e. The lowest BCUT2D eigenvalue weighted by atomic mass is 9.97. The highest BCUT2D eigenvalue weighted by Gasteiger charge is 2.36. The van der Waals surface area contributed by atoms with E-state index in [1.807, 2.05) is 6.92 Å². The summed E-state index contributed by atoms with van der Waals surface area (Å²) in [6.07, 6.45) is 0. The molecule has 2 heterocycles. The Morgan fingerprint density at radius 2 is 2.31 bits per heavy atom. The molecule has 0 saturated carbocycles. The molecule has 1 fully saturated rings. The lowest BCUT2D eigenvalue weighted by molar-refractivity contribution is -0.0882. The van der Waals surface area contributed by atoms with Crippen LogP contribution < -0.4 is 0 Å². The van der Waals surface area contributed by atoms with E-state index < -0.39 is 5.60 Å². The quantitative estimate of drug-likeness (QED) is 0.696. The monoisotopic (exact) mass is 183 g/mol. The number of aliphatic hydroxyl groups is 1. The fraction of sp³-hybridized carbons (Fsp3) is 0.750. The first kappa shape index (κ1) is 8.65. The summed E-state index contributed by atoms with van der Waals surface area (Å²) < 4.78 is 4.84. The van der Waals surface area contributed by atoms with Gasteiger partial charge in [-0.05, 0) is 6.92 Å². The van der Waals surface area contributed by atoms with Crippen molar-refractivity contribution in [2.24, 2.45) is 0 Å². The first-order valence-corrected chi connectivity index (χ1v) is 4.29. The molecule has 5 nitrogen and oxygen atoms in total. The molecule has 0 aliphatic carbocycles. The molecular weight excluding hydrogens is 170 g/mol. The van der Waals surface area contributed by atoms with Gasteiger partial charge in [0.25, 0.3) is 0 Å². The summed E-state index contributed by atoms with van der Waals surface area (Å²) in [5, 5.41) is 13.2. The van der Waals surface area contributed by atoms with Crippen molar-refractivity contribution >= 4 is 0 Å². The van der Waals surface area contributed by atoms with Crippen LogP contribution in [0.15, 0.2) is 4.52 Å². The van der Waals surface area contributed by atoms with E-state index >= 15 is 0 Å². The smallest absolute Gasteiger partial charge is 0.223 e. The normalized spacial score (nSPS) is 21.5. The second-order valence-corrected chi connectivity index (χ2v) is 3.87. The molecule has 72 valence electrons. The SMILES string of the molecule is Cc1nc(CN2CC(C)(O)C2)no1. The van der Waals surface area contributed by atoms with E-state index in [1.54, 1.807) is 6.92 Å². The molecule has 0 unspecified atom stereocenters. The molecule has 0 aromatic carbocycles. The summed E-state index contributed by atoms with van der Waals surface area (Å²) >= 11 is 0. The zero-order valence-corrected chi connectivity index (χ0v) is 7.82. The van der Waals surface area contributed by atoms with Crippen LogP contribution in [0.25, 0.3) is 0 Å². The molecule has 1 aromatic heterocycles. The van der Waals surface area contributed by atoms with Gasteiger partial charge >= 0.3 is 0 Å². The fourth-order valence-electron chi connectivity index (χ4n) is 1.63. The van der Waals surface area contributed by atoms with Gasteiger partial charge in [-0.15, -0.1) is 0 Å². The molecule has 5 heteroatoms. The third-order valence-electron chi connectivity index (χ3n) is 2.06. The summed E-state index contributed by atoms with van der Waals surface area (Å²) in [7, 11) is 0. The molecule has 0 bridgehead atoms. The van der Waals surface area contributed by atoms with Crippen LogP contribution in [0.2, 0.25) is 0 Å². The number of hydrogen-bond acceptors (Lipinski definition) is 5. The van der Waals surface area contributed by atoms with Crippen LogP contribution in [-0.4, -0.2) is 38.8 Å². The van der Waals surface area contributed by atoms with Crippen LogP contribution in [0.1, 0.15) is 18.6 Å². The summed E-state index contributed by atoms with van der Waals surface area (Å²) in [6, 6.07) is 0. The van der Waals surface area contributed by atoms with Crippen molar-refractivity contribution in [2.45, 2.75) is 26.0 Å². The van der Waals surface area contributed by atoms with Gasteiger partial charge in [0.05, 0.1) is 12.1 Å². The van der Waals surface area contributed by atoms with Crippen molar-refractivity contribution in [1.29, 1.82) is 0 Å². The Balaban J connectivity index is 1.87. The predicted molar refractivity (Wildman–Crippen MR) is 44.9 cm³/mol. The van der Waals surface area contributed by atoms with Crippen molar-refractivity contribution < 1.29 is 9.63 Å². The number of β-amino-alcohol motifs (C(OH)–C–C–N with tert-alkyl or cyclic N) is 1.